The topological polar surface area (TPSA) is 93.8 Å². The lowest BCUT2D eigenvalue weighted by Gasteiger charge is -1.98. The molecule has 0 bridgehead atoms. The largest absolute Gasteiger partial charge is 0.339 e. The molecule has 0 saturated heterocycles. The van der Waals surface area contributed by atoms with Gasteiger partial charge < -0.3 is 9.84 Å². The number of nitrogens with zero attached hydrogens (tertiary/aromatic N) is 4. The monoisotopic (exact) mass is 401 g/mol. The number of hydrogen-bond acceptors (Lipinski definition) is 8. The summed E-state index contributed by atoms with van der Waals surface area (Å²) in [5, 5.41) is 8.91. The molecule has 0 fully saturated rings. The van der Waals surface area contributed by atoms with E-state index >= 15 is 0 Å². The van der Waals surface area contributed by atoms with Gasteiger partial charge in [-0.15, -0.1) is 11.3 Å². The van der Waals surface area contributed by atoms with Crippen LogP contribution in [-0.4, -0.2) is 25.4 Å². The van der Waals surface area contributed by atoms with Gasteiger partial charge in [0, 0.05) is 29.9 Å². The highest BCUT2D eigenvalue weighted by Crippen LogP contribution is 2.23. The van der Waals surface area contributed by atoms with E-state index in [1.165, 1.54) is 23.5 Å². The SMILES string of the molecule is O=C(CCc1nc(-c2cccs2)no1)Nc1nc(-c2ccc(F)cc2)ns1. The summed E-state index contributed by atoms with van der Waals surface area (Å²) < 4.78 is 22.3. The third-order valence-corrected chi connectivity index (χ3v) is 5.05. The molecule has 0 aliphatic heterocycles. The first-order chi connectivity index (χ1) is 13.2. The zero-order valence-corrected chi connectivity index (χ0v) is 15.4. The van der Waals surface area contributed by atoms with Gasteiger partial charge in [0.05, 0.1) is 4.88 Å². The number of thiophene rings is 1. The van der Waals surface area contributed by atoms with Gasteiger partial charge in [0.15, 0.2) is 5.82 Å². The lowest BCUT2D eigenvalue weighted by Crippen LogP contribution is -2.12. The smallest absolute Gasteiger partial charge is 0.227 e. The van der Waals surface area contributed by atoms with Crippen LogP contribution in [0.2, 0.25) is 0 Å². The summed E-state index contributed by atoms with van der Waals surface area (Å²) in [5.74, 6) is 0.803. The van der Waals surface area contributed by atoms with E-state index in [9.17, 15) is 9.18 Å². The number of benzene rings is 1. The van der Waals surface area contributed by atoms with E-state index in [-0.39, 0.29) is 18.1 Å². The molecule has 3 heterocycles. The van der Waals surface area contributed by atoms with Crippen LogP contribution in [0.4, 0.5) is 9.52 Å². The third-order valence-electron chi connectivity index (χ3n) is 3.55. The first-order valence-corrected chi connectivity index (χ1v) is 9.58. The number of aromatic nitrogens is 4. The molecular weight excluding hydrogens is 389 g/mol. The average molecular weight is 401 g/mol. The van der Waals surface area contributed by atoms with E-state index in [2.05, 4.69) is 24.8 Å². The first kappa shape index (κ1) is 17.4. The van der Waals surface area contributed by atoms with E-state index in [4.69, 9.17) is 4.52 Å². The fourth-order valence-electron chi connectivity index (χ4n) is 2.25. The summed E-state index contributed by atoms with van der Waals surface area (Å²) in [6, 6.07) is 9.66. The number of rotatable bonds is 6. The molecule has 4 rings (SSSR count). The Labute approximate surface area is 161 Å². The molecule has 1 amide bonds. The van der Waals surface area contributed by atoms with Gasteiger partial charge in [-0.25, -0.2) is 4.39 Å². The standard InChI is InChI=1S/C17H12FN5O2S2/c18-11-5-3-10(4-6-11)15-21-17(27-23-15)19-13(24)7-8-14-20-16(22-25-14)12-2-1-9-26-12/h1-6,9H,7-8H2,(H,19,21,23,24). The Bertz CT molecular complexity index is 1040. The Morgan fingerprint density at radius 2 is 2.00 bits per heavy atom. The third kappa shape index (κ3) is 4.23. The fourth-order valence-corrected chi connectivity index (χ4v) is 3.51. The Morgan fingerprint density at radius 3 is 2.78 bits per heavy atom. The number of aryl methyl sites for hydroxylation is 1. The normalized spacial score (nSPS) is 10.9. The number of carbonyl (C=O) groups is 1. The van der Waals surface area contributed by atoms with Gasteiger partial charge in [0.25, 0.3) is 0 Å². The van der Waals surface area contributed by atoms with Crippen molar-refractivity contribution in [3.63, 3.8) is 0 Å². The lowest BCUT2D eigenvalue weighted by molar-refractivity contribution is -0.116. The maximum atomic E-state index is 13.0. The molecule has 7 nitrogen and oxygen atoms in total. The molecule has 4 aromatic rings. The van der Waals surface area contributed by atoms with Gasteiger partial charge >= 0.3 is 0 Å². The highest BCUT2D eigenvalue weighted by Gasteiger charge is 2.13. The zero-order valence-electron chi connectivity index (χ0n) is 13.8. The van der Waals surface area contributed by atoms with Crippen LogP contribution in [0, 0.1) is 5.82 Å². The van der Waals surface area contributed by atoms with Gasteiger partial charge in [0.1, 0.15) is 5.82 Å². The summed E-state index contributed by atoms with van der Waals surface area (Å²) in [6.45, 7) is 0. The molecule has 0 aliphatic carbocycles. The molecule has 136 valence electrons. The summed E-state index contributed by atoms with van der Waals surface area (Å²) in [4.78, 5) is 21.5. The maximum Gasteiger partial charge on any atom is 0.227 e. The highest BCUT2D eigenvalue weighted by atomic mass is 32.1. The molecule has 0 aliphatic rings. The molecule has 0 saturated carbocycles. The van der Waals surface area contributed by atoms with E-state index in [0.717, 1.165) is 16.4 Å². The van der Waals surface area contributed by atoms with E-state index < -0.39 is 0 Å². The van der Waals surface area contributed by atoms with E-state index in [1.54, 1.807) is 12.1 Å². The molecule has 27 heavy (non-hydrogen) atoms. The van der Waals surface area contributed by atoms with Gasteiger partial charge in [-0.1, -0.05) is 11.2 Å². The van der Waals surface area contributed by atoms with Crippen molar-refractivity contribution >= 4 is 33.9 Å². The first-order valence-electron chi connectivity index (χ1n) is 7.93. The number of halogens is 1. The molecule has 0 spiro atoms. The number of hydrogen-bond donors (Lipinski definition) is 1. The van der Waals surface area contributed by atoms with Crippen molar-refractivity contribution in [2.45, 2.75) is 12.8 Å². The molecule has 0 atom stereocenters. The van der Waals surface area contributed by atoms with Gasteiger partial charge in [-0.2, -0.15) is 14.3 Å². The number of anilines is 1. The van der Waals surface area contributed by atoms with Gasteiger partial charge in [0.2, 0.25) is 22.8 Å². The average Bonchev–Trinajstić information content (AvgIpc) is 3.42. The van der Waals surface area contributed by atoms with Crippen LogP contribution < -0.4 is 5.32 Å². The van der Waals surface area contributed by atoms with Crippen molar-refractivity contribution in [1.29, 1.82) is 0 Å². The van der Waals surface area contributed by atoms with Crippen LogP contribution in [0.1, 0.15) is 12.3 Å². The minimum Gasteiger partial charge on any atom is -0.339 e. The van der Waals surface area contributed by atoms with Crippen LogP contribution in [0.25, 0.3) is 22.1 Å². The highest BCUT2D eigenvalue weighted by molar-refractivity contribution is 7.13. The molecule has 3 aromatic heterocycles. The summed E-state index contributed by atoms with van der Waals surface area (Å²) >= 11 is 2.58. The summed E-state index contributed by atoms with van der Waals surface area (Å²) in [6.07, 6.45) is 0.505. The van der Waals surface area contributed by atoms with Crippen LogP contribution in [0.5, 0.6) is 0 Å². The van der Waals surface area contributed by atoms with Crippen LogP contribution in [0.15, 0.2) is 46.3 Å². The Morgan fingerprint density at radius 1 is 1.15 bits per heavy atom. The van der Waals surface area contributed by atoms with E-state index in [0.29, 0.717) is 34.7 Å². The second-order valence-electron chi connectivity index (χ2n) is 5.47. The molecule has 0 radical (unpaired) electrons. The minimum atomic E-state index is -0.328. The molecule has 1 aromatic carbocycles. The van der Waals surface area contributed by atoms with Crippen LogP contribution in [-0.2, 0) is 11.2 Å². The van der Waals surface area contributed by atoms with Crippen molar-refractivity contribution in [2.75, 3.05) is 5.32 Å². The Kier molecular flexibility index (Phi) is 4.99. The Balaban J connectivity index is 1.33. The van der Waals surface area contributed by atoms with Crippen molar-refractivity contribution in [1.82, 2.24) is 19.5 Å². The maximum absolute atomic E-state index is 13.0. The quantitative estimate of drug-likeness (QED) is 0.524. The number of carbonyl (C=O) groups excluding carboxylic acids is 1. The van der Waals surface area contributed by atoms with Crippen molar-refractivity contribution in [3.05, 3.63) is 53.5 Å². The van der Waals surface area contributed by atoms with Crippen molar-refractivity contribution < 1.29 is 13.7 Å². The number of amides is 1. The Hall–Kier alpha value is -2.98. The van der Waals surface area contributed by atoms with E-state index in [1.807, 2.05) is 17.5 Å². The predicted molar refractivity (Wildman–Crippen MR) is 99.9 cm³/mol. The van der Waals surface area contributed by atoms with Crippen LogP contribution >= 0.6 is 22.9 Å². The van der Waals surface area contributed by atoms with Gasteiger partial charge in [-0.3, -0.25) is 4.79 Å². The van der Waals surface area contributed by atoms with Gasteiger partial charge in [-0.05, 0) is 35.7 Å². The zero-order chi connectivity index (χ0) is 18.6. The van der Waals surface area contributed by atoms with Crippen molar-refractivity contribution in [2.24, 2.45) is 0 Å². The number of nitrogens with one attached hydrogen (secondary N) is 1. The summed E-state index contributed by atoms with van der Waals surface area (Å²) in [5.41, 5.74) is 0.681. The molecular formula is C17H12FN5O2S2. The predicted octanol–water partition coefficient (Wildman–Crippen LogP) is 4.03. The van der Waals surface area contributed by atoms with Crippen LogP contribution in [0.3, 0.4) is 0 Å². The minimum absolute atomic E-state index is 0.178. The second kappa shape index (κ2) is 7.72. The van der Waals surface area contributed by atoms with Crippen molar-refractivity contribution in [3.8, 4) is 22.1 Å². The molecule has 10 heteroatoms. The summed E-state index contributed by atoms with van der Waals surface area (Å²) in [7, 11) is 0. The molecule has 0 unspecified atom stereocenters. The molecule has 1 N–H and O–H groups in total. The lowest BCUT2D eigenvalue weighted by atomic mass is 10.2. The second-order valence-corrected chi connectivity index (χ2v) is 7.17. The fraction of sp³-hybridized carbons (Fsp3) is 0.118.